The number of carbonyl (C=O) groups is 1. The van der Waals surface area contributed by atoms with Crippen molar-refractivity contribution in [3.05, 3.63) is 70.8 Å². The Morgan fingerprint density at radius 1 is 1.14 bits per heavy atom. The zero-order chi connectivity index (χ0) is 21.0. The Labute approximate surface area is 175 Å². The number of pyridine rings is 1. The second kappa shape index (κ2) is 8.60. The van der Waals surface area contributed by atoms with Crippen molar-refractivity contribution >= 4 is 37.5 Å². The number of hydrogen-bond acceptors (Lipinski definition) is 6. The molecule has 0 saturated heterocycles. The largest absolute Gasteiger partial charge is 0.495 e. The Kier molecular flexibility index (Phi) is 6.16. The molecule has 0 aliphatic rings. The fourth-order valence-electron chi connectivity index (χ4n) is 2.41. The van der Waals surface area contributed by atoms with Crippen LogP contribution < -0.4 is 19.9 Å². The molecule has 3 aromatic rings. The first kappa shape index (κ1) is 20.8. The van der Waals surface area contributed by atoms with Crippen LogP contribution in [0.15, 0.2) is 70.2 Å². The summed E-state index contributed by atoms with van der Waals surface area (Å²) in [5.74, 6) is 0.525. The molecule has 8 nitrogen and oxygen atoms in total. The average molecular weight is 478 g/mol. The maximum atomic E-state index is 12.4. The summed E-state index contributed by atoms with van der Waals surface area (Å²) in [4.78, 5) is 16.3. The smallest absolute Gasteiger partial charge is 0.257 e. The Morgan fingerprint density at radius 3 is 2.55 bits per heavy atom. The minimum Gasteiger partial charge on any atom is -0.495 e. The molecule has 0 saturated carbocycles. The first-order valence-electron chi connectivity index (χ1n) is 8.18. The van der Waals surface area contributed by atoms with Gasteiger partial charge in [0, 0.05) is 22.4 Å². The van der Waals surface area contributed by atoms with Gasteiger partial charge in [-0.05, 0) is 42.5 Å². The van der Waals surface area contributed by atoms with Gasteiger partial charge in [-0.1, -0.05) is 22.0 Å². The molecule has 0 fully saturated rings. The molecule has 0 aliphatic heterocycles. The van der Waals surface area contributed by atoms with Gasteiger partial charge in [0.25, 0.3) is 5.91 Å². The molecule has 0 radical (unpaired) electrons. The van der Waals surface area contributed by atoms with E-state index in [-0.39, 0.29) is 21.9 Å². The number of methoxy groups -OCH3 is 1. The van der Waals surface area contributed by atoms with E-state index in [2.05, 4.69) is 26.2 Å². The highest BCUT2D eigenvalue weighted by molar-refractivity contribution is 9.10. The molecule has 2 aromatic carbocycles. The van der Waals surface area contributed by atoms with Gasteiger partial charge in [0.2, 0.25) is 15.9 Å². The van der Waals surface area contributed by atoms with Crippen molar-refractivity contribution in [2.75, 3.05) is 12.4 Å². The van der Waals surface area contributed by atoms with Crippen LogP contribution in [0, 0.1) is 0 Å². The van der Waals surface area contributed by atoms with Gasteiger partial charge < -0.3 is 14.8 Å². The number of primary sulfonamides is 1. The van der Waals surface area contributed by atoms with E-state index in [4.69, 9.17) is 14.6 Å². The van der Waals surface area contributed by atoms with Gasteiger partial charge in [-0.3, -0.25) is 4.79 Å². The van der Waals surface area contributed by atoms with Crippen LogP contribution in [0.4, 0.5) is 5.69 Å². The lowest BCUT2D eigenvalue weighted by Crippen LogP contribution is -2.16. The number of amides is 1. The number of benzene rings is 2. The van der Waals surface area contributed by atoms with E-state index in [0.717, 1.165) is 4.47 Å². The molecule has 29 heavy (non-hydrogen) atoms. The number of halogens is 1. The van der Waals surface area contributed by atoms with Gasteiger partial charge in [0.1, 0.15) is 16.4 Å². The van der Waals surface area contributed by atoms with Gasteiger partial charge in [0.15, 0.2) is 0 Å². The summed E-state index contributed by atoms with van der Waals surface area (Å²) in [6, 6.07) is 14.5. The first-order chi connectivity index (χ1) is 13.8. The molecular weight excluding hydrogens is 462 g/mol. The summed E-state index contributed by atoms with van der Waals surface area (Å²) in [5, 5.41) is 7.78. The topological polar surface area (TPSA) is 121 Å². The normalized spacial score (nSPS) is 11.0. The molecule has 3 N–H and O–H groups in total. The Hall–Kier alpha value is -2.95. The van der Waals surface area contributed by atoms with E-state index in [1.807, 2.05) is 12.1 Å². The van der Waals surface area contributed by atoms with Gasteiger partial charge in [-0.25, -0.2) is 18.5 Å². The first-order valence-corrected chi connectivity index (χ1v) is 10.5. The molecule has 0 atom stereocenters. The number of rotatable bonds is 6. The number of aromatic nitrogens is 1. The zero-order valence-corrected chi connectivity index (χ0v) is 17.5. The van der Waals surface area contributed by atoms with E-state index in [9.17, 15) is 13.2 Å². The minimum atomic E-state index is -4.02. The van der Waals surface area contributed by atoms with Gasteiger partial charge in [-0.2, -0.15) is 0 Å². The standard InChI is InChI=1S/C19H16BrN3O5S/c1-27-16-7-6-14(10-17(16)29(21,25)26)23-19(24)12-5-8-18(22-11-12)28-15-4-2-3-13(20)9-15/h2-11H,1H3,(H,23,24)(H2,21,25,26). The highest BCUT2D eigenvalue weighted by atomic mass is 79.9. The summed E-state index contributed by atoms with van der Waals surface area (Å²) < 4.78 is 34.9. The molecule has 1 amide bonds. The molecular formula is C19H16BrN3O5S. The fourth-order valence-corrected chi connectivity index (χ4v) is 3.51. The highest BCUT2D eigenvalue weighted by Gasteiger charge is 2.17. The van der Waals surface area contributed by atoms with Crippen molar-refractivity contribution < 1.29 is 22.7 Å². The van der Waals surface area contributed by atoms with E-state index >= 15 is 0 Å². The molecule has 150 valence electrons. The molecule has 3 rings (SSSR count). The summed E-state index contributed by atoms with van der Waals surface area (Å²) in [6.45, 7) is 0. The van der Waals surface area contributed by atoms with E-state index in [1.165, 1.54) is 31.5 Å². The van der Waals surface area contributed by atoms with Gasteiger partial charge in [-0.15, -0.1) is 0 Å². The quantitative estimate of drug-likeness (QED) is 0.559. The monoisotopic (exact) mass is 477 g/mol. The third-order valence-corrected chi connectivity index (χ3v) is 5.17. The fraction of sp³-hybridized carbons (Fsp3) is 0.0526. The van der Waals surface area contributed by atoms with Crippen molar-refractivity contribution in [1.82, 2.24) is 4.98 Å². The molecule has 0 bridgehead atoms. The van der Waals surface area contributed by atoms with Gasteiger partial charge >= 0.3 is 0 Å². The number of nitrogens with one attached hydrogen (secondary N) is 1. The SMILES string of the molecule is COc1ccc(NC(=O)c2ccc(Oc3cccc(Br)c3)nc2)cc1S(N)(=O)=O. The molecule has 10 heteroatoms. The van der Waals surface area contributed by atoms with Crippen LogP contribution in [-0.2, 0) is 10.0 Å². The van der Waals surface area contributed by atoms with Crippen molar-refractivity contribution in [2.24, 2.45) is 5.14 Å². The van der Waals surface area contributed by atoms with Crippen molar-refractivity contribution in [3.63, 3.8) is 0 Å². The molecule has 0 unspecified atom stereocenters. The van der Waals surface area contributed by atoms with E-state index in [1.54, 1.807) is 24.3 Å². The van der Waals surface area contributed by atoms with Gasteiger partial charge in [0.05, 0.1) is 12.7 Å². The van der Waals surface area contributed by atoms with Crippen molar-refractivity contribution in [2.45, 2.75) is 4.90 Å². The van der Waals surface area contributed by atoms with Crippen molar-refractivity contribution in [1.29, 1.82) is 0 Å². The summed E-state index contributed by atoms with van der Waals surface area (Å²) in [5.41, 5.74) is 0.508. The number of nitrogens with two attached hydrogens (primary N) is 1. The molecule has 0 aliphatic carbocycles. The van der Waals surface area contributed by atoms with Crippen LogP contribution >= 0.6 is 15.9 Å². The minimum absolute atomic E-state index is 0.0845. The number of hydrogen-bond donors (Lipinski definition) is 2. The molecule has 0 spiro atoms. The van der Waals surface area contributed by atoms with E-state index < -0.39 is 15.9 Å². The Balaban J connectivity index is 1.74. The maximum Gasteiger partial charge on any atom is 0.257 e. The van der Waals surface area contributed by atoms with Crippen LogP contribution in [0.2, 0.25) is 0 Å². The summed E-state index contributed by atoms with van der Waals surface area (Å²) in [7, 11) is -2.69. The lowest BCUT2D eigenvalue weighted by atomic mass is 10.2. The van der Waals surface area contributed by atoms with Crippen LogP contribution in [-0.4, -0.2) is 26.4 Å². The summed E-state index contributed by atoms with van der Waals surface area (Å²) >= 11 is 3.36. The third-order valence-electron chi connectivity index (χ3n) is 3.75. The number of nitrogens with zero attached hydrogens (tertiary/aromatic N) is 1. The number of carbonyl (C=O) groups excluding carboxylic acids is 1. The van der Waals surface area contributed by atoms with Crippen LogP contribution in [0.5, 0.6) is 17.4 Å². The highest BCUT2D eigenvalue weighted by Crippen LogP contribution is 2.27. The van der Waals surface area contributed by atoms with Crippen LogP contribution in [0.25, 0.3) is 0 Å². The number of ether oxygens (including phenoxy) is 2. The van der Waals surface area contributed by atoms with E-state index in [0.29, 0.717) is 11.6 Å². The zero-order valence-electron chi connectivity index (χ0n) is 15.1. The second-order valence-electron chi connectivity index (χ2n) is 5.81. The van der Waals surface area contributed by atoms with Crippen molar-refractivity contribution in [3.8, 4) is 17.4 Å². The molecule has 1 aromatic heterocycles. The predicted octanol–water partition coefficient (Wildman–Crippen LogP) is 3.54. The third kappa shape index (κ3) is 5.31. The average Bonchev–Trinajstić information content (AvgIpc) is 2.68. The maximum absolute atomic E-state index is 12.4. The van der Waals surface area contributed by atoms with Crippen LogP contribution in [0.3, 0.4) is 0 Å². The second-order valence-corrected chi connectivity index (χ2v) is 8.25. The van der Waals surface area contributed by atoms with Crippen LogP contribution in [0.1, 0.15) is 10.4 Å². The Morgan fingerprint density at radius 2 is 1.93 bits per heavy atom. The predicted molar refractivity (Wildman–Crippen MR) is 111 cm³/mol. The Bertz CT molecular complexity index is 1150. The number of anilines is 1. The summed E-state index contributed by atoms with van der Waals surface area (Å²) in [6.07, 6.45) is 1.35. The molecule has 1 heterocycles. The number of sulfonamides is 1. The lowest BCUT2D eigenvalue weighted by molar-refractivity contribution is 0.102. The lowest BCUT2D eigenvalue weighted by Gasteiger charge is -2.10.